The maximum atomic E-state index is 13.3. The van der Waals surface area contributed by atoms with Crippen molar-refractivity contribution in [1.82, 2.24) is 5.32 Å². The van der Waals surface area contributed by atoms with Crippen LogP contribution in [0.25, 0.3) is 0 Å². The molecule has 3 fully saturated rings. The van der Waals surface area contributed by atoms with Crippen LogP contribution in [0.2, 0.25) is 0 Å². The minimum absolute atomic E-state index is 0.235. The highest BCUT2D eigenvalue weighted by Crippen LogP contribution is 2.33. The molecule has 3 heterocycles. The van der Waals surface area contributed by atoms with E-state index >= 15 is 0 Å². The molecule has 17 unspecified atom stereocenters. The number of carbonyl (C=O) groups excluding carboxylic acids is 1. The maximum Gasteiger partial charge on any atom is 0.220 e. The van der Waals surface area contributed by atoms with Gasteiger partial charge in [0.1, 0.15) is 73.2 Å². The molecule has 0 saturated carbocycles. The number of amides is 1. The molecule has 3 aliphatic rings. The molecule has 12 N–H and O–H groups in total. The first-order valence-corrected chi connectivity index (χ1v) is 30.7. The van der Waals surface area contributed by atoms with Crippen LogP contribution in [0, 0.1) is 0 Å². The standard InChI is InChI=1S/C60H109NO18/c1-3-5-7-9-11-13-15-17-19-20-21-22-23-24-26-28-30-32-34-36-38-48(66)61-43(44(65)37-35-33-31-29-27-25-18-16-14-12-10-8-6-4-2)42-74-58-54(72)51(69)56(46(40-63)76-58)79-60-55(73)52(70)57(47(41-64)77-60)78-59-53(71)50(68)49(67)45(39-62)75-59/h14,16,27,29,35,37,43-47,49-60,62-65,67-73H,3-13,15,17-26,28,30-34,36,38-42H2,1-2H3,(H,61,66)/b16-14+,29-27+,37-35+. The number of aliphatic hydroxyl groups is 11. The van der Waals surface area contributed by atoms with E-state index < -0.39 is 124 Å². The molecule has 3 rings (SSSR count). The fraction of sp³-hybridized carbons (Fsp3) is 0.883. The Bertz CT molecular complexity index is 1590. The van der Waals surface area contributed by atoms with Crippen molar-refractivity contribution in [3.05, 3.63) is 36.5 Å². The van der Waals surface area contributed by atoms with Gasteiger partial charge in [-0.25, -0.2) is 0 Å². The largest absolute Gasteiger partial charge is 0.394 e. The molecule has 17 atom stereocenters. The molecule has 0 spiro atoms. The van der Waals surface area contributed by atoms with Gasteiger partial charge in [0.2, 0.25) is 5.91 Å². The van der Waals surface area contributed by atoms with E-state index in [4.69, 9.17) is 28.4 Å². The van der Waals surface area contributed by atoms with Crippen molar-refractivity contribution in [3.8, 4) is 0 Å². The van der Waals surface area contributed by atoms with Crippen molar-refractivity contribution in [2.45, 2.75) is 311 Å². The SMILES string of the molecule is CCCCCC/C=C/CC/C=C/CC/C=C/C(O)C(COC1OC(CO)C(OC2OC(CO)C(OC3OC(CO)C(O)C(O)C3O)C(O)C2O)C(O)C1O)NC(=O)CCCCCCCCCCCCCCCCCCCCCC. The van der Waals surface area contributed by atoms with Crippen LogP contribution < -0.4 is 5.32 Å². The first-order chi connectivity index (χ1) is 38.3. The summed E-state index contributed by atoms with van der Waals surface area (Å²) in [6.45, 7) is 1.68. The van der Waals surface area contributed by atoms with Crippen LogP contribution in [-0.4, -0.2) is 193 Å². The minimum atomic E-state index is -1.98. The van der Waals surface area contributed by atoms with E-state index in [-0.39, 0.29) is 18.9 Å². The summed E-state index contributed by atoms with van der Waals surface area (Å²) in [6.07, 6.45) is 19.9. The zero-order valence-electron chi connectivity index (χ0n) is 48.1. The summed E-state index contributed by atoms with van der Waals surface area (Å²) in [5.74, 6) is -0.288. The predicted octanol–water partition coefficient (Wildman–Crippen LogP) is 5.71. The quantitative estimate of drug-likeness (QED) is 0.0257. The molecule has 0 radical (unpaired) electrons. The van der Waals surface area contributed by atoms with Gasteiger partial charge in [0, 0.05) is 6.42 Å². The molecule has 0 aromatic heterocycles. The third-order valence-electron chi connectivity index (χ3n) is 15.4. The Balaban J connectivity index is 1.49. The van der Waals surface area contributed by atoms with Crippen LogP contribution in [0.1, 0.15) is 206 Å². The Morgan fingerprint density at radius 2 is 0.810 bits per heavy atom. The monoisotopic (exact) mass is 1130 g/mol. The molecular formula is C60H109NO18. The summed E-state index contributed by atoms with van der Waals surface area (Å²) in [6, 6.07) is -0.992. The van der Waals surface area contributed by atoms with Gasteiger partial charge in [-0.15, -0.1) is 0 Å². The van der Waals surface area contributed by atoms with Crippen molar-refractivity contribution in [3.63, 3.8) is 0 Å². The summed E-state index contributed by atoms with van der Waals surface area (Å²) < 4.78 is 34.2. The average Bonchev–Trinajstić information content (AvgIpc) is 3.57. The highest BCUT2D eigenvalue weighted by molar-refractivity contribution is 5.76. The lowest BCUT2D eigenvalue weighted by Crippen LogP contribution is -2.66. The Labute approximate surface area is 472 Å². The molecule has 1 amide bonds. The summed E-state index contributed by atoms with van der Waals surface area (Å²) in [4.78, 5) is 13.3. The average molecular weight is 1130 g/mol. The molecule has 0 aliphatic carbocycles. The molecule has 0 aromatic carbocycles. The number of carbonyl (C=O) groups is 1. The maximum absolute atomic E-state index is 13.3. The van der Waals surface area contributed by atoms with E-state index in [1.165, 1.54) is 128 Å². The third-order valence-corrected chi connectivity index (χ3v) is 15.4. The molecule has 462 valence electrons. The van der Waals surface area contributed by atoms with Gasteiger partial charge >= 0.3 is 0 Å². The summed E-state index contributed by atoms with van der Waals surface area (Å²) in [5, 5.41) is 120. The second-order valence-electron chi connectivity index (χ2n) is 22.2. The molecule has 79 heavy (non-hydrogen) atoms. The van der Waals surface area contributed by atoms with Crippen molar-refractivity contribution >= 4 is 5.91 Å². The second-order valence-corrected chi connectivity index (χ2v) is 22.2. The Kier molecular flexibility index (Phi) is 39.4. The van der Waals surface area contributed by atoms with Crippen LogP contribution in [0.15, 0.2) is 36.5 Å². The van der Waals surface area contributed by atoms with Crippen LogP contribution in [0.4, 0.5) is 0 Å². The number of nitrogens with one attached hydrogen (secondary N) is 1. The van der Waals surface area contributed by atoms with Crippen LogP contribution in [0.5, 0.6) is 0 Å². The van der Waals surface area contributed by atoms with E-state index in [0.29, 0.717) is 12.8 Å². The van der Waals surface area contributed by atoms with E-state index in [1.807, 2.05) is 6.08 Å². The van der Waals surface area contributed by atoms with Crippen molar-refractivity contribution in [1.29, 1.82) is 0 Å². The number of hydrogen-bond donors (Lipinski definition) is 12. The number of hydrogen-bond acceptors (Lipinski definition) is 18. The minimum Gasteiger partial charge on any atom is -0.394 e. The Morgan fingerprint density at radius 1 is 0.443 bits per heavy atom. The fourth-order valence-corrected chi connectivity index (χ4v) is 10.3. The van der Waals surface area contributed by atoms with E-state index in [1.54, 1.807) is 6.08 Å². The Hall–Kier alpha value is -1.99. The van der Waals surface area contributed by atoms with Gasteiger partial charge in [-0.2, -0.15) is 0 Å². The number of unbranched alkanes of at least 4 members (excludes halogenated alkanes) is 25. The molecule has 19 heteroatoms. The van der Waals surface area contributed by atoms with Gasteiger partial charge in [0.15, 0.2) is 18.9 Å². The van der Waals surface area contributed by atoms with E-state index in [0.717, 1.165) is 44.9 Å². The lowest BCUT2D eigenvalue weighted by Gasteiger charge is -2.48. The second kappa shape index (κ2) is 43.6. The number of aliphatic hydroxyl groups excluding tert-OH is 11. The van der Waals surface area contributed by atoms with Crippen LogP contribution >= 0.6 is 0 Å². The lowest BCUT2D eigenvalue weighted by atomic mass is 9.96. The molecule has 3 aliphatic heterocycles. The highest BCUT2D eigenvalue weighted by atomic mass is 16.8. The number of allylic oxidation sites excluding steroid dienone is 5. The Morgan fingerprint density at radius 3 is 1.27 bits per heavy atom. The van der Waals surface area contributed by atoms with E-state index in [2.05, 4.69) is 43.5 Å². The van der Waals surface area contributed by atoms with Crippen LogP contribution in [0.3, 0.4) is 0 Å². The smallest absolute Gasteiger partial charge is 0.220 e. The van der Waals surface area contributed by atoms with Gasteiger partial charge in [0.25, 0.3) is 0 Å². The molecule has 19 nitrogen and oxygen atoms in total. The van der Waals surface area contributed by atoms with Crippen molar-refractivity contribution in [2.75, 3.05) is 26.4 Å². The van der Waals surface area contributed by atoms with Crippen LogP contribution in [-0.2, 0) is 33.2 Å². The van der Waals surface area contributed by atoms with E-state index in [9.17, 15) is 61.0 Å². The van der Waals surface area contributed by atoms with Gasteiger partial charge in [-0.1, -0.05) is 192 Å². The number of ether oxygens (including phenoxy) is 6. The third kappa shape index (κ3) is 27.5. The van der Waals surface area contributed by atoms with Crippen molar-refractivity contribution < 1.29 is 89.4 Å². The summed E-state index contributed by atoms with van der Waals surface area (Å²) >= 11 is 0. The van der Waals surface area contributed by atoms with Gasteiger partial charge in [-0.05, 0) is 44.9 Å². The summed E-state index contributed by atoms with van der Waals surface area (Å²) in [7, 11) is 0. The summed E-state index contributed by atoms with van der Waals surface area (Å²) in [5.41, 5.74) is 0. The molecule has 0 bridgehead atoms. The molecule has 0 aromatic rings. The topological polar surface area (TPSA) is 307 Å². The fourth-order valence-electron chi connectivity index (χ4n) is 10.3. The number of rotatable bonds is 45. The van der Waals surface area contributed by atoms with Crippen molar-refractivity contribution in [2.24, 2.45) is 0 Å². The first-order valence-electron chi connectivity index (χ1n) is 30.7. The first kappa shape index (κ1) is 71.3. The highest BCUT2D eigenvalue weighted by Gasteiger charge is 2.53. The zero-order valence-corrected chi connectivity index (χ0v) is 48.1. The zero-order chi connectivity index (χ0) is 57.6. The normalized spacial score (nSPS) is 30.5. The predicted molar refractivity (Wildman–Crippen MR) is 300 cm³/mol. The molecular weight excluding hydrogens is 1020 g/mol. The molecule has 3 saturated heterocycles. The lowest BCUT2D eigenvalue weighted by molar-refractivity contribution is -0.379. The van der Waals surface area contributed by atoms with Gasteiger partial charge in [-0.3, -0.25) is 4.79 Å². The van der Waals surface area contributed by atoms with Gasteiger partial charge < -0.3 is 89.9 Å². The van der Waals surface area contributed by atoms with Gasteiger partial charge in [0.05, 0.1) is 38.6 Å².